The number of nitrogens with two attached hydrogens (primary N) is 1. The number of carbonyl (C=O) groups is 2. The molecule has 7 nitrogen and oxygen atoms in total. The van der Waals surface area contributed by atoms with Crippen LogP contribution in [0.1, 0.15) is 46.4 Å². The number of halogens is 5. The molecular formula is C29H27ClF4N2O5. The number of benzene rings is 2. The number of amides is 1. The molecule has 0 saturated heterocycles. The number of Topliss-reactive ketones (excluding diaryl/α,β-unsaturated/α-hetero) is 1. The number of aromatic nitrogens is 1. The quantitative estimate of drug-likeness (QED) is 0.362. The van der Waals surface area contributed by atoms with Crippen molar-refractivity contribution in [1.82, 2.24) is 4.57 Å². The predicted molar refractivity (Wildman–Crippen MR) is 143 cm³/mol. The van der Waals surface area contributed by atoms with Crippen LogP contribution in [0.2, 0.25) is 5.02 Å². The van der Waals surface area contributed by atoms with E-state index in [0.717, 1.165) is 16.7 Å². The molecule has 2 heterocycles. The Hall–Kier alpha value is -3.54. The number of ketones is 1. The average Bonchev–Trinajstić information content (AvgIpc) is 2.90. The van der Waals surface area contributed by atoms with Crippen molar-refractivity contribution in [1.29, 1.82) is 0 Å². The Morgan fingerprint density at radius 2 is 1.85 bits per heavy atom. The molecule has 0 fully saturated rings. The van der Waals surface area contributed by atoms with Gasteiger partial charge in [0.1, 0.15) is 5.82 Å². The zero-order valence-electron chi connectivity index (χ0n) is 22.1. The predicted octanol–water partition coefficient (Wildman–Crippen LogP) is 5.19. The van der Waals surface area contributed by atoms with Gasteiger partial charge < -0.3 is 19.8 Å². The highest BCUT2D eigenvalue weighted by atomic mass is 35.5. The maximum absolute atomic E-state index is 15.3. The van der Waals surface area contributed by atoms with E-state index in [9.17, 15) is 27.6 Å². The zero-order chi connectivity index (χ0) is 30.1. The molecule has 4 rings (SSSR count). The fourth-order valence-corrected chi connectivity index (χ4v) is 4.97. The van der Waals surface area contributed by atoms with E-state index in [2.05, 4.69) is 0 Å². The lowest BCUT2D eigenvalue weighted by Gasteiger charge is -2.28. The normalized spacial score (nSPS) is 16.6. The second-order valence-corrected chi connectivity index (χ2v) is 10.3. The number of carbonyl (C=O) groups excluding carboxylic acids is 2. The van der Waals surface area contributed by atoms with Crippen LogP contribution in [0.15, 0.2) is 53.5 Å². The first-order valence-electron chi connectivity index (χ1n) is 12.6. The number of pyridine rings is 1. The number of alkyl halides is 3. The van der Waals surface area contributed by atoms with E-state index in [1.807, 2.05) is 0 Å². The van der Waals surface area contributed by atoms with Crippen molar-refractivity contribution in [3.8, 4) is 11.1 Å². The van der Waals surface area contributed by atoms with Gasteiger partial charge in [0.25, 0.3) is 5.56 Å². The number of primary amides is 1. The molecule has 12 heteroatoms. The second kappa shape index (κ2) is 12.1. The molecule has 2 N–H and O–H groups in total. The Balaban J connectivity index is 1.81. The van der Waals surface area contributed by atoms with Crippen LogP contribution in [0.25, 0.3) is 11.1 Å². The van der Waals surface area contributed by atoms with Crippen LogP contribution >= 0.6 is 11.6 Å². The number of methoxy groups -OCH3 is 1. The number of fused-ring (bicyclic) bond motifs is 3. The average molecular weight is 595 g/mol. The largest absolute Gasteiger partial charge is 0.414 e. The van der Waals surface area contributed by atoms with Crippen molar-refractivity contribution in [3.63, 3.8) is 0 Å². The first-order valence-corrected chi connectivity index (χ1v) is 13.0. The van der Waals surface area contributed by atoms with Crippen LogP contribution in [0.5, 0.6) is 0 Å². The highest BCUT2D eigenvalue weighted by Crippen LogP contribution is 2.39. The molecule has 1 amide bonds. The summed E-state index contributed by atoms with van der Waals surface area (Å²) in [5.41, 5.74) is 5.29. The van der Waals surface area contributed by atoms with Crippen LogP contribution in [0.4, 0.5) is 17.6 Å². The van der Waals surface area contributed by atoms with E-state index < -0.39 is 60.5 Å². The Labute approximate surface area is 237 Å². The van der Waals surface area contributed by atoms with Gasteiger partial charge in [0, 0.05) is 55.3 Å². The molecule has 3 atom stereocenters. The molecule has 0 unspecified atom stereocenters. The van der Waals surface area contributed by atoms with Gasteiger partial charge in [-0.05, 0) is 41.8 Å². The molecule has 0 bridgehead atoms. The van der Waals surface area contributed by atoms with Crippen LogP contribution in [-0.2, 0) is 33.7 Å². The van der Waals surface area contributed by atoms with Crippen LogP contribution in [0.3, 0.4) is 0 Å². The Morgan fingerprint density at radius 3 is 2.46 bits per heavy atom. The van der Waals surface area contributed by atoms with E-state index in [0.29, 0.717) is 5.56 Å². The third-order valence-corrected chi connectivity index (χ3v) is 7.40. The van der Waals surface area contributed by atoms with Gasteiger partial charge in [-0.25, -0.2) is 4.39 Å². The number of hydrogen-bond acceptors (Lipinski definition) is 5. The standard InChI is InChI=1S/C29H27ClF4N2O5/c1-15(40-2)9-22(23(37)10-16-3-5-17(6-4-16)28(35)39)36-13-19-14-41-24(29(32,33)34)11-18-7-8-21(30)27(31)26(18)20(19)12-25(36)38/h3-8,12-13,15,22,24H,9-11,14H2,1-2H3,(H2,35,39)/t15-,22-,24-/m0/s1. The maximum atomic E-state index is 15.3. The fraction of sp³-hybridized carbons (Fsp3) is 0.345. The molecule has 1 aliphatic heterocycles. The molecule has 2 aromatic carbocycles. The number of nitrogens with zero attached hydrogens (tertiary/aromatic N) is 1. The molecule has 3 aromatic rings. The number of rotatable bonds is 8. The van der Waals surface area contributed by atoms with Crippen molar-refractivity contribution in [2.45, 2.75) is 57.2 Å². The highest BCUT2D eigenvalue weighted by molar-refractivity contribution is 6.31. The van der Waals surface area contributed by atoms with Crippen LogP contribution in [-0.4, -0.2) is 41.8 Å². The van der Waals surface area contributed by atoms with Gasteiger partial charge in [0.05, 0.1) is 23.8 Å². The van der Waals surface area contributed by atoms with Crippen molar-refractivity contribution in [2.75, 3.05) is 7.11 Å². The molecule has 0 spiro atoms. The van der Waals surface area contributed by atoms with E-state index in [1.165, 1.54) is 31.5 Å². The van der Waals surface area contributed by atoms with Crippen molar-refractivity contribution >= 4 is 23.3 Å². The Kier molecular flexibility index (Phi) is 9.00. The summed E-state index contributed by atoms with van der Waals surface area (Å²) in [6.07, 6.45) is -6.93. The summed E-state index contributed by atoms with van der Waals surface area (Å²) in [6.45, 7) is 1.10. The van der Waals surface area contributed by atoms with Gasteiger partial charge in [-0.1, -0.05) is 29.8 Å². The van der Waals surface area contributed by atoms with Crippen molar-refractivity contribution in [2.24, 2.45) is 5.73 Å². The molecule has 0 radical (unpaired) electrons. The second-order valence-electron chi connectivity index (χ2n) is 9.90. The first-order chi connectivity index (χ1) is 19.3. The lowest BCUT2D eigenvalue weighted by molar-refractivity contribution is -0.223. The minimum absolute atomic E-state index is 0.0210. The number of ether oxygens (including phenoxy) is 2. The third-order valence-electron chi connectivity index (χ3n) is 7.11. The molecule has 218 valence electrons. The van der Waals surface area contributed by atoms with E-state index in [4.69, 9.17) is 26.8 Å². The smallest absolute Gasteiger partial charge is 0.382 e. The summed E-state index contributed by atoms with van der Waals surface area (Å²) >= 11 is 5.98. The van der Waals surface area contributed by atoms with Gasteiger partial charge in [0.15, 0.2) is 11.9 Å². The summed E-state index contributed by atoms with van der Waals surface area (Å²) in [4.78, 5) is 38.4. The maximum Gasteiger partial charge on any atom is 0.414 e. The third kappa shape index (κ3) is 6.69. The SMILES string of the molecule is CO[C@@H](C)C[C@@H](C(=O)Cc1ccc(C(N)=O)cc1)n1cc2c(cc1=O)-c1c(ccc(Cl)c1F)C[C@@H](C(F)(F)F)OC2. The topological polar surface area (TPSA) is 101 Å². The lowest BCUT2D eigenvalue weighted by Crippen LogP contribution is -2.36. The summed E-state index contributed by atoms with van der Waals surface area (Å²) in [7, 11) is 1.44. The molecule has 41 heavy (non-hydrogen) atoms. The highest BCUT2D eigenvalue weighted by Gasteiger charge is 2.42. The molecular weight excluding hydrogens is 568 g/mol. The van der Waals surface area contributed by atoms with Gasteiger partial charge in [0.2, 0.25) is 5.91 Å². The zero-order valence-corrected chi connectivity index (χ0v) is 22.9. The van der Waals surface area contributed by atoms with E-state index in [-0.39, 0.29) is 45.7 Å². The minimum atomic E-state index is -4.74. The molecule has 1 aliphatic rings. The van der Waals surface area contributed by atoms with Crippen LogP contribution < -0.4 is 11.3 Å². The van der Waals surface area contributed by atoms with Crippen LogP contribution in [0, 0.1) is 5.82 Å². The van der Waals surface area contributed by atoms with Gasteiger partial charge in [-0.15, -0.1) is 0 Å². The lowest BCUT2D eigenvalue weighted by atomic mass is 9.91. The van der Waals surface area contributed by atoms with Crippen molar-refractivity contribution < 1.29 is 36.6 Å². The summed E-state index contributed by atoms with van der Waals surface area (Å²) < 4.78 is 68.2. The Morgan fingerprint density at radius 1 is 1.17 bits per heavy atom. The van der Waals surface area contributed by atoms with Gasteiger partial charge >= 0.3 is 6.18 Å². The van der Waals surface area contributed by atoms with Gasteiger partial charge in [-0.3, -0.25) is 14.4 Å². The minimum Gasteiger partial charge on any atom is -0.382 e. The molecule has 1 aromatic heterocycles. The Bertz CT molecular complexity index is 1520. The summed E-state index contributed by atoms with van der Waals surface area (Å²) in [5, 5.41) is -0.312. The summed E-state index contributed by atoms with van der Waals surface area (Å²) in [5.74, 6) is -1.97. The first kappa shape index (κ1) is 30.4. The fourth-order valence-electron chi connectivity index (χ4n) is 4.81. The van der Waals surface area contributed by atoms with E-state index in [1.54, 1.807) is 19.1 Å². The molecule has 0 aliphatic carbocycles. The van der Waals surface area contributed by atoms with Crippen molar-refractivity contribution in [3.05, 3.63) is 92.1 Å². The molecule has 0 saturated carbocycles. The summed E-state index contributed by atoms with van der Waals surface area (Å²) in [6, 6.07) is 8.51. The number of hydrogen-bond donors (Lipinski definition) is 1. The van der Waals surface area contributed by atoms with E-state index >= 15 is 4.39 Å². The monoisotopic (exact) mass is 594 g/mol. The van der Waals surface area contributed by atoms with Gasteiger partial charge in [-0.2, -0.15) is 13.2 Å².